The average molecular weight is 253 g/mol. The molecule has 0 bridgehead atoms. The van der Waals surface area contributed by atoms with Crippen molar-refractivity contribution in [1.29, 1.82) is 0 Å². The maximum absolute atomic E-state index is 12.1. The maximum atomic E-state index is 12.1. The summed E-state index contributed by atoms with van der Waals surface area (Å²) in [6.07, 6.45) is 5.44. The second-order valence-corrected chi connectivity index (χ2v) is 5.90. The van der Waals surface area contributed by atoms with E-state index in [2.05, 4.69) is 11.8 Å². The summed E-state index contributed by atoms with van der Waals surface area (Å²) in [6, 6.07) is 0.645. The molecule has 1 aliphatic carbocycles. The molecule has 1 heterocycles. The molecule has 0 aromatic carbocycles. The second kappa shape index (κ2) is 6.02. The third-order valence-electron chi connectivity index (χ3n) is 4.45. The number of hydrogen-bond acceptors (Lipinski definition) is 3. The molecule has 2 N–H and O–H groups in total. The first-order valence-electron chi connectivity index (χ1n) is 7.35. The van der Waals surface area contributed by atoms with Crippen LogP contribution < -0.4 is 5.73 Å². The van der Waals surface area contributed by atoms with E-state index in [1.807, 2.05) is 11.9 Å². The molecule has 2 aliphatic rings. The molecular weight excluding hydrogens is 226 g/mol. The van der Waals surface area contributed by atoms with Gasteiger partial charge in [-0.3, -0.25) is 9.69 Å². The molecule has 0 spiro atoms. The van der Waals surface area contributed by atoms with Crippen molar-refractivity contribution in [2.75, 3.05) is 26.7 Å². The van der Waals surface area contributed by atoms with Crippen LogP contribution >= 0.6 is 0 Å². The van der Waals surface area contributed by atoms with Gasteiger partial charge in [-0.1, -0.05) is 6.92 Å². The van der Waals surface area contributed by atoms with Crippen LogP contribution in [0.1, 0.15) is 39.0 Å². The first kappa shape index (κ1) is 13.8. The predicted octanol–water partition coefficient (Wildman–Crippen LogP) is 1.06. The van der Waals surface area contributed by atoms with Crippen molar-refractivity contribution in [3.63, 3.8) is 0 Å². The molecule has 2 atom stereocenters. The van der Waals surface area contributed by atoms with Gasteiger partial charge in [-0.25, -0.2) is 0 Å². The van der Waals surface area contributed by atoms with Gasteiger partial charge in [0.05, 0.1) is 0 Å². The molecule has 0 aromatic heterocycles. The number of nitrogens with two attached hydrogens (primary N) is 1. The molecule has 2 unspecified atom stereocenters. The second-order valence-electron chi connectivity index (χ2n) is 5.90. The van der Waals surface area contributed by atoms with E-state index in [4.69, 9.17) is 5.73 Å². The fourth-order valence-electron chi connectivity index (χ4n) is 2.98. The Morgan fingerprint density at radius 1 is 1.44 bits per heavy atom. The first-order valence-corrected chi connectivity index (χ1v) is 7.35. The van der Waals surface area contributed by atoms with Gasteiger partial charge in [0.25, 0.3) is 0 Å². The minimum atomic E-state index is 0.0887. The minimum absolute atomic E-state index is 0.0887. The van der Waals surface area contributed by atoms with E-state index in [9.17, 15) is 4.79 Å². The van der Waals surface area contributed by atoms with Gasteiger partial charge >= 0.3 is 0 Å². The predicted molar refractivity (Wildman–Crippen MR) is 73.2 cm³/mol. The SMILES string of the molecule is CCN1CCCC1CN(C)C(=O)CC(N)C1CC1. The van der Waals surface area contributed by atoms with Gasteiger partial charge < -0.3 is 10.6 Å². The van der Waals surface area contributed by atoms with E-state index in [0.29, 0.717) is 18.4 Å². The highest BCUT2D eigenvalue weighted by Crippen LogP contribution is 2.33. The van der Waals surface area contributed by atoms with Crippen molar-refractivity contribution in [3.05, 3.63) is 0 Å². The van der Waals surface area contributed by atoms with Crippen LogP contribution in [0.5, 0.6) is 0 Å². The van der Waals surface area contributed by atoms with Gasteiger partial charge in [0.1, 0.15) is 0 Å². The van der Waals surface area contributed by atoms with Gasteiger partial charge in [-0.05, 0) is 44.7 Å². The highest BCUT2D eigenvalue weighted by molar-refractivity contribution is 5.76. The lowest BCUT2D eigenvalue weighted by Crippen LogP contribution is -2.42. The standard InChI is InChI=1S/C14H27N3O/c1-3-17-8-4-5-12(17)10-16(2)14(18)9-13(15)11-6-7-11/h11-13H,3-10,15H2,1-2H3. The monoisotopic (exact) mass is 253 g/mol. The summed E-state index contributed by atoms with van der Waals surface area (Å²) in [6.45, 7) is 5.34. The van der Waals surface area contributed by atoms with E-state index < -0.39 is 0 Å². The van der Waals surface area contributed by atoms with Gasteiger partial charge in [0.2, 0.25) is 5.91 Å². The van der Waals surface area contributed by atoms with Gasteiger partial charge in [-0.2, -0.15) is 0 Å². The maximum Gasteiger partial charge on any atom is 0.223 e. The molecule has 1 aliphatic heterocycles. The highest BCUT2D eigenvalue weighted by atomic mass is 16.2. The van der Waals surface area contributed by atoms with Crippen molar-refractivity contribution >= 4 is 5.91 Å². The Bertz CT molecular complexity index is 291. The van der Waals surface area contributed by atoms with Crippen LogP contribution in [0.4, 0.5) is 0 Å². The Hall–Kier alpha value is -0.610. The fraction of sp³-hybridized carbons (Fsp3) is 0.929. The molecule has 1 saturated heterocycles. The van der Waals surface area contributed by atoms with E-state index in [0.717, 1.165) is 13.1 Å². The minimum Gasteiger partial charge on any atom is -0.344 e. The number of carbonyl (C=O) groups excluding carboxylic acids is 1. The lowest BCUT2D eigenvalue weighted by molar-refractivity contribution is -0.131. The van der Waals surface area contributed by atoms with Crippen molar-refractivity contribution in [2.45, 2.75) is 51.1 Å². The normalized spacial score (nSPS) is 26.3. The summed E-state index contributed by atoms with van der Waals surface area (Å²) in [5, 5.41) is 0. The Morgan fingerprint density at radius 3 is 2.78 bits per heavy atom. The molecule has 2 fully saturated rings. The van der Waals surface area contributed by atoms with Crippen LogP contribution in [0.2, 0.25) is 0 Å². The molecule has 0 radical (unpaired) electrons. The Kier molecular flexibility index (Phi) is 4.62. The molecule has 1 amide bonds. The van der Waals surface area contributed by atoms with Crippen LogP contribution in [-0.2, 0) is 4.79 Å². The number of hydrogen-bond donors (Lipinski definition) is 1. The number of nitrogens with zero attached hydrogens (tertiary/aromatic N) is 2. The summed E-state index contributed by atoms with van der Waals surface area (Å²) in [5.41, 5.74) is 6.02. The molecular formula is C14H27N3O. The smallest absolute Gasteiger partial charge is 0.223 e. The third-order valence-corrected chi connectivity index (χ3v) is 4.45. The molecule has 18 heavy (non-hydrogen) atoms. The van der Waals surface area contributed by atoms with E-state index in [-0.39, 0.29) is 11.9 Å². The van der Waals surface area contributed by atoms with Crippen molar-refractivity contribution in [1.82, 2.24) is 9.80 Å². The number of likely N-dealkylation sites (N-methyl/N-ethyl adjacent to an activating group) is 2. The molecule has 4 nitrogen and oxygen atoms in total. The average Bonchev–Trinajstić information content (AvgIpc) is 3.10. The zero-order chi connectivity index (χ0) is 13.1. The zero-order valence-corrected chi connectivity index (χ0v) is 11.8. The highest BCUT2D eigenvalue weighted by Gasteiger charge is 2.31. The lowest BCUT2D eigenvalue weighted by atomic mass is 10.1. The van der Waals surface area contributed by atoms with Gasteiger partial charge in [-0.15, -0.1) is 0 Å². The zero-order valence-electron chi connectivity index (χ0n) is 11.8. The largest absolute Gasteiger partial charge is 0.344 e. The van der Waals surface area contributed by atoms with Gasteiger partial charge in [0, 0.05) is 32.1 Å². The van der Waals surface area contributed by atoms with Crippen LogP contribution in [-0.4, -0.2) is 54.5 Å². The topological polar surface area (TPSA) is 49.6 Å². The van der Waals surface area contributed by atoms with Crippen LogP contribution in [0.15, 0.2) is 0 Å². The number of amides is 1. The molecule has 1 saturated carbocycles. The summed E-state index contributed by atoms with van der Waals surface area (Å²) < 4.78 is 0. The number of likely N-dealkylation sites (tertiary alicyclic amines) is 1. The molecule has 2 rings (SSSR count). The van der Waals surface area contributed by atoms with E-state index in [1.165, 1.54) is 32.2 Å². The summed E-state index contributed by atoms with van der Waals surface area (Å²) in [4.78, 5) is 16.5. The molecule has 0 aromatic rings. The summed E-state index contributed by atoms with van der Waals surface area (Å²) >= 11 is 0. The van der Waals surface area contributed by atoms with Gasteiger partial charge in [0.15, 0.2) is 0 Å². The van der Waals surface area contributed by atoms with Crippen molar-refractivity contribution < 1.29 is 4.79 Å². The van der Waals surface area contributed by atoms with Crippen molar-refractivity contribution in [2.24, 2.45) is 11.7 Å². The summed E-state index contributed by atoms with van der Waals surface area (Å²) in [5.74, 6) is 0.832. The molecule has 104 valence electrons. The van der Waals surface area contributed by atoms with Crippen LogP contribution in [0.25, 0.3) is 0 Å². The van der Waals surface area contributed by atoms with Crippen LogP contribution in [0, 0.1) is 5.92 Å². The number of carbonyl (C=O) groups is 1. The molecule has 4 heteroatoms. The van der Waals surface area contributed by atoms with Crippen LogP contribution in [0.3, 0.4) is 0 Å². The van der Waals surface area contributed by atoms with Crippen molar-refractivity contribution in [3.8, 4) is 0 Å². The Morgan fingerprint density at radius 2 is 2.17 bits per heavy atom. The Balaban J connectivity index is 1.75. The third kappa shape index (κ3) is 3.45. The fourth-order valence-corrected chi connectivity index (χ4v) is 2.98. The van der Waals surface area contributed by atoms with E-state index in [1.54, 1.807) is 0 Å². The summed E-state index contributed by atoms with van der Waals surface area (Å²) in [7, 11) is 1.92. The quantitative estimate of drug-likeness (QED) is 0.770. The Labute approximate surface area is 110 Å². The van der Waals surface area contributed by atoms with E-state index >= 15 is 0 Å². The number of rotatable bonds is 6. The first-order chi connectivity index (χ1) is 8.61. The lowest BCUT2D eigenvalue weighted by Gasteiger charge is -2.28.